The fraction of sp³-hybridized carbons (Fsp3) is 0.364. The highest BCUT2D eigenvalue weighted by Gasteiger charge is 2.34. The SMILES string of the molecule is CCSc1ccccc1C(=O)N1Cc2nn(C(C)(C)C)c(-n3cccc3)c2C1. The third-order valence-electron chi connectivity index (χ3n) is 4.92. The second-order valence-electron chi connectivity index (χ2n) is 8.01. The molecule has 5 nitrogen and oxygen atoms in total. The lowest BCUT2D eigenvalue weighted by Crippen LogP contribution is -2.30. The molecule has 1 aliphatic heterocycles. The number of rotatable bonds is 4. The minimum absolute atomic E-state index is 0.0790. The Bertz CT molecular complexity index is 998. The Hall–Kier alpha value is -2.47. The van der Waals surface area contributed by atoms with E-state index >= 15 is 0 Å². The minimum atomic E-state index is -0.136. The molecule has 3 heterocycles. The lowest BCUT2D eigenvalue weighted by atomic mass is 10.1. The smallest absolute Gasteiger partial charge is 0.255 e. The normalized spacial score (nSPS) is 13.8. The fourth-order valence-corrected chi connectivity index (χ4v) is 4.45. The third kappa shape index (κ3) is 3.26. The van der Waals surface area contributed by atoms with Crippen LogP contribution in [0.1, 0.15) is 49.3 Å². The van der Waals surface area contributed by atoms with E-state index in [0.29, 0.717) is 13.1 Å². The minimum Gasteiger partial charge on any atom is -0.328 e. The summed E-state index contributed by atoms with van der Waals surface area (Å²) in [6.45, 7) is 9.71. The number of benzene rings is 1. The molecule has 0 bridgehead atoms. The molecular weight excluding hydrogens is 368 g/mol. The van der Waals surface area contributed by atoms with E-state index in [2.05, 4.69) is 36.9 Å². The van der Waals surface area contributed by atoms with Crippen LogP contribution >= 0.6 is 11.8 Å². The standard InChI is InChI=1S/C22H26N4OS/c1-5-28-19-11-7-6-10-16(19)21(27)25-14-17-18(15-25)23-26(22(2,3)4)20(17)24-12-8-9-13-24/h6-13H,5,14-15H2,1-4H3. The summed E-state index contributed by atoms with van der Waals surface area (Å²) in [6, 6.07) is 11.9. The van der Waals surface area contributed by atoms with Crippen LogP contribution in [-0.4, -0.2) is 30.9 Å². The maximum atomic E-state index is 13.3. The number of hydrogen-bond acceptors (Lipinski definition) is 3. The van der Waals surface area contributed by atoms with Gasteiger partial charge < -0.3 is 9.47 Å². The second kappa shape index (κ2) is 7.17. The summed E-state index contributed by atoms with van der Waals surface area (Å²) in [7, 11) is 0. The quantitative estimate of drug-likeness (QED) is 0.603. The van der Waals surface area contributed by atoms with Gasteiger partial charge >= 0.3 is 0 Å². The van der Waals surface area contributed by atoms with Gasteiger partial charge in [0.15, 0.2) is 0 Å². The van der Waals surface area contributed by atoms with Gasteiger partial charge in [-0.3, -0.25) is 4.79 Å². The number of fused-ring (bicyclic) bond motifs is 1. The molecular formula is C22H26N4OS. The highest BCUT2D eigenvalue weighted by Crippen LogP contribution is 2.33. The molecule has 0 saturated carbocycles. The van der Waals surface area contributed by atoms with Crippen molar-refractivity contribution in [1.82, 2.24) is 19.2 Å². The lowest BCUT2D eigenvalue weighted by Gasteiger charge is -2.25. The van der Waals surface area contributed by atoms with Gasteiger partial charge in [-0.05, 0) is 50.8 Å². The molecule has 0 spiro atoms. The van der Waals surface area contributed by atoms with Crippen molar-refractivity contribution in [3.05, 3.63) is 65.6 Å². The average molecular weight is 395 g/mol. The van der Waals surface area contributed by atoms with Crippen molar-refractivity contribution in [2.24, 2.45) is 0 Å². The van der Waals surface area contributed by atoms with Crippen molar-refractivity contribution in [1.29, 1.82) is 0 Å². The second-order valence-corrected chi connectivity index (χ2v) is 9.32. The van der Waals surface area contributed by atoms with E-state index in [9.17, 15) is 4.79 Å². The lowest BCUT2D eigenvalue weighted by molar-refractivity contribution is 0.0745. The molecule has 1 aliphatic rings. The van der Waals surface area contributed by atoms with E-state index in [1.54, 1.807) is 11.8 Å². The number of carbonyl (C=O) groups excluding carboxylic acids is 1. The zero-order chi connectivity index (χ0) is 19.9. The molecule has 0 aliphatic carbocycles. The molecule has 0 atom stereocenters. The van der Waals surface area contributed by atoms with Crippen LogP contribution in [0.25, 0.3) is 5.82 Å². The van der Waals surface area contributed by atoms with Crippen molar-refractivity contribution in [2.75, 3.05) is 5.75 Å². The monoisotopic (exact) mass is 394 g/mol. The van der Waals surface area contributed by atoms with Crippen molar-refractivity contribution >= 4 is 17.7 Å². The van der Waals surface area contributed by atoms with E-state index < -0.39 is 0 Å². The van der Waals surface area contributed by atoms with Crippen LogP contribution in [0.3, 0.4) is 0 Å². The molecule has 0 unspecified atom stereocenters. The number of nitrogens with zero attached hydrogens (tertiary/aromatic N) is 4. The predicted molar refractivity (Wildman–Crippen MR) is 113 cm³/mol. The van der Waals surface area contributed by atoms with Gasteiger partial charge in [0.05, 0.1) is 29.9 Å². The zero-order valence-corrected chi connectivity index (χ0v) is 17.7. The summed E-state index contributed by atoms with van der Waals surface area (Å²) in [6.07, 6.45) is 4.08. The summed E-state index contributed by atoms with van der Waals surface area (Å²) in [4.78, 5) is 16.2. The first kappa shape index (κ1) is 18.9. The number of amides is 1. The van der Waals surface area contributed by atoms with Crippen LogP contribution in [0.15, 0.2) is 53.7 Å². The van der Waals surface area contributed by atoms with Crippen LogP contribution in [-0.2, 0) is 18.6 Å². The Morgan fingerprint density at radius 2 is 1.82 bits per heavy atom. The van der Waals surface area contributed by atoms with Crippen LogP contribution in [0, 0.1) is 0 Å². The number of thioether (sulfide) groups is 1. The molecule has 4 rings (SSSR count). The van der Waals surface area contributed by atoms with Crippen molar-refractivity contribution in [3.63, 3.8) is 0 Å². The summed E-state index contributed by atoms with van der Waals surface area (Å²) in [5.74, 6) is 2.08. The summed E-state index contributed by atoms with van der Waals surface area (Å²) in [5, 5.41) is 4.90. The molecule has 0 N–H and O–H groups in total. The average Bonchev–Trinajstić information content (AvgIpc) is 3.36. The Morgan fingerprint density at radius 1 is 1.11 bits per heavy atom. The van der Waals surface area contributed by atoms with Gasteiger partial charge in [-0.1, -0.05) is 19.1 Å². The van der Waals surface area contributed by atoms with Gasteiger partial charge in [0, 0.05) is 22.9 Å². The maximum Gasteiger partial charge on any atom is 0.255 e. The van der Waals surface area contributed by atoms with E-state index in [0.717, 1.165) is 33.3 Å². The van der Waals surface area contributed by atoms with Crippen molar-refractivity contribution in [2.45, 2.75) is 51.2 Å². The van der Waals surface area contributed by atoms with Gasteiger partial charge in [-0.15, -0.1) is 11.8 Å². The Labute approximate surface area is 170 Å². The Kier molecular flexibility index (Phi) is 4.83. The third-order valence-corrected chi connectivity index (χ3v) is 5.87. The van der Waals surface area contributed by atoms with Crippen LogP contribution < -0.4 is 0 Å². The number of aromatic nitrogens is 3. The topological polar surface area (TPSA) is 43.1 Å². The van der Waals surface area contributed by atoms with Gasteiger partial charge in [0.2, 0.25) is 0 Å². The molecule has 1 aromatic carbocycles. The largest absolute Gasteiger partial charge is 0.328 e. The van der Waals surface area contributed by atoms with E-state index in [-0.39, 0.29) is 11.4 Å². The van der Waals surface area contributed by atoms with E-state index in [4.69, 9.17) is 5.10 Å². The van der Waals surface area contributed by atoms with E-state index in [1.165, 1.54) is 0 Å². The number of hydrogen-bond donors (Lipinski definition) is 0. The molecule has 0 fully saturated rings. The van der Waals surface area contributed by atoms with Crippen LogP contribution in [0.2, 0.25) is 0 Å². The van der Waals surface area contributed by atoms with Gasteiger partial charge in [0.1, 0.15) is 5.82 Å². The van der Waals surface area contributed by atoms with E-state index in [1.807, 2.05) is 53.7 Å². The zero-order valence-electron chi connectivity index (χ0n) is 16.8. The Balaban J connectivity index is 1.69. The summed E-state index contributed by atoms with van der Waals surface area (Å²) >= 11 is 1.71. The van der Waals surface area contributed by atoms with Crippen LogP contribution in [0.5, 0.6) is 0 Å². The molecule has 6 heteroatoms. The molecule has 0 radical (unpaired) electrons. The first-order valence-corrected chi connectivity index (χ1v) is 10.6. The maximum absolute atomic E-state index is 13.3. The van der Waals surface area contributed by atoms with Crippen LogP contribution in [0.4, 0.5) is 0 Å². The fourth-order valence-electron chi connectivity index (χ4n) is 3.65. The van der Waals surface area contributed by atoms with Crippen molar-refractivity contribution < 1.29 is 4.79 Å². The van der Waals surface area contributed by atoms with Gasteiger partial charge in [-0.25, -0.2) is 4.68 Å². The predicted octanol–water partition coefficient (Wildman–Crippen LogP) is 4.70. The Morgan fingerprint density at radius 3 is 2.50 bits per heavy atom. The molecule has 0 saturated heterocycles. The van der Waals surface area contributed by atoms with Crippen molar-refractivity contribution in [3.8, 4) is 5.82 Å². The highest BCUT2D eigenvalue weighted by atomic mass is 32.2. The summed E-state index contributed by atoms with van der Waals surface area (Å²) in [5.41, 5.74) is 2.78. The van der Waals surface area contributed by atoms with Gasteiger partial charge in [-0.2, -0.15) is 5.10 Å². The van der Waals surface area contributed by atoms with Gasteiger partial charge in [0.25, 0.3) is 5.91 Å². The molecule has 1 amide bonds. The molecule has 3 aromatic rings. The summed E-state index contributed by atoms with van der Waals surface area (Å²) < 4.78 is 4.19. The first-order chi connectivity index (χ1) is 13.4. The molecule has 146 valence electrons. The first-order valence-electron chi connectivity index (χ1n) is 9.66. The molecule has 2 aromatic heterocycles. The highest BCUT2D eigenvalue weighted by molar-refractivity contribution is 7.99. The molecule has 28 heavy (non-hydrogen) atoms. The number of carbonyl (C=O) groups is 1.